The summed E-state index contributed by atoms with van der Waals surface area (Å²) in [5, 5.41) is 3.90. The maximum Gasteiger partial charge on any atom is 0.167 e. The van der Waals surface area contributed by atoms with Gasteiger partial charge in [-0.2, -0.15) is 11.3 Å². The van der Waals surface area contributed by atoms with Gasteiger partial charge in [-0.15, -0.1) is 0 Å². The van der Waals surface area contributed by atoms with Crippen LogP contribution >= 0.6 is 27.3 Å². The molecule has 0 saturated heterocycles. The molecule has 70 valence electrons. The summed E-state index contributed by atoms with van der Waals surface area (Å²) >= 11 is 4.97. The Morgan fingerprint density at radius 2 is 2.31 bits per heavy atom. The summed E-state index contributed by atoms with van der Waals surface area (Å²) in [4.78, 5) is 11.9. The van der Waals surface area contributed by atoms with Crippen LogP contribution in [0, 0.1) is 11.8 Å². The van der Waals surface area contributed by atoms with Crippen LogP contribution in [0.2, 0.25) is 0 Å². The topological polar surface area (TPSA) is 17.1 Å². The van der Waals surface area contributed by atoms with Gasteiger partial charge in [0.15, 0.2) is 5.78 Å². The van der Waals surface area contributed by atoms with Crippen molar-refractivity contribution in [3.63, 3.8) is 0 Å². The van der Waals surface area contributed by atoms with Gasteiger partial charge in [-0.3, -0.25) is 4.79 Å². The summed E-state index contributed by atoms with van der Waals surface area (Å²) in [7, 11) is 0. The summed E-state index contributed by atoms with van der Waals surface area (Å²) in [6.45, 7) is 2.05. The number of hydrogen-bond acceptors (Lipinski definition) is 2. The first kappa shape index (κ1) is 9.41. The number of carbonyl (C=O) groups is 1. The Balaban J connectivity index is 2.16. The molecule has 1 atom stereocenters. The zero-order valence-electron chi connectivity index (χ0n) is 7.42. The van der Waals surface area contributed by atoms with E-state index in [4.69, 9.17) is 0 Å². The molecule has 0 amide bonds. The fraction of sp³-hybridized carbons (Fsp3) is 0.500. The van der Waals surface area contributed by atoms with Crippen molar-refractivity contribution in [2.75, 3.05) is 0 Å². The molecule has 0 spiro atoms. The van der Waals surface area contributed by atoms with Crippen molar-refractivity contribution < 1.29 is 4.79 Å². The number of halogens is 1. The Labute approximate surface area is 90.3 Å². The Hall–Kier alpha value is -0.150. The minimum absolute atomic E-state index is 0.214. The molecule has 1 aromatic rings. The number of rotatable bonds is 3. The highest BCUT2D eigenvalue weighted by molar-refractivity contribution is 9.10. The zero-order chi connectivity index (χ0) is 9.42. The van der Waals surface area contributed by atoms with Crippen LogP contribution in [-0.2, 0) is 0 Å². The fourth-order valence-corrected chi connectivity index (χ4v) is 2.99. The molecule has 0 radical (unpaired) electrons. The monoisotopic (exact) mass is 258 g/mol. The maximum absolute atomic E-state index is 11.9. The fourth-order valence-electron chi connectivity index (χ4n) is 1.51. The van der Waals surface area contributed by atoms with Crippen molar-refractivity contribution in [2.45, 2.75) is 19.8 Å². The Bertz CT molecular complexity index is 327. The van der Waals surface area contributed by atoms with Crippen LogP contribution in [-0.4, -0.2) is 5.78 Å². The van der Waals surface area contributed by atoms with Crippen LogP contribution in [0.1, 0.15) is 30.1 Å². The molecule has 13 heavy (non-hydrogen) atoms. The van der Waals surface area contributed by atoms with Gasteiger partial charge in [0.1, 0.15) is 0 Å². The lowest BCUT2D eigenvalue weighted by Crippen LogP contribution is -2.12. The van der Waals surface area contributed by atoms with Gasteiger partial charge in [0.25, 0.3) is 0 Å². The lowest BCUT2D eigenvalue weighted by molar-refractivity contribution is 0.0916. The van der Waals surface area contributed by atoms with E-state index < -0.39 is 0 Å². The largest absolute Gasteiger partial charge is 0.294 e. The van der Waals surface area contributed by atoms with Crippen LogP contribution in [0.5, 0.6) is 0 Å². The minimum atomic E-state index is 0.214. The second-order valence-electron chi connectivity index (χ2n) is 3.62. The smallest absolute Gasteiger partial charge is 0.167 e. The van der Waals surface area contributed by atoms with E-state index in [-0.39, 0.29) is 5.92 Å². The first-order chi connectivity index (χ1) is 6.20. The van der Waals surface area contributed by atoms with Gasteiger partial charge >= 0.3 is 0 Å². The van der Waals surface area contributed by atoms with Crippen LogP contribution in [0.15, 0.2) is 15.2 Å². The molecule has 1 unspecified atom stereocenters. The van der Waals surface area contributed by atoms with E-state index in [9.17, 15) is 4.79 Å². The third-order valence-corrected chi connectivity index (χ3v) is 4.33. The van der Waals surface area contributed by atoms with Crippen molar-refractivity contribution in [1.29, 1.82) is 0 Å². The maximum atomic E-state index is 11.9. The Kier molecular flexibility index (Phi) is 2.56. The summed E-state index contributed by atoms with van der Waals surface area (Å²) in [6.07, 6.45) is 2.46. The van der Waals surface area contributed by atoms with Gasteiger partial charge in [-0.25, -0.2) is 0 Å². The highest BCUT2D eigenvalue weighted by atomic mass is 79.9. The van der Waals surface area contributed by atoms with E-state index in [1.54, 1.807) is 11.3 Å². The SMILES string of the molecule is CC(C(=O)c1cscc1Br)C1CC1. The third kappa shape index (κ3) is 1.86. The van der Waals surface area contributed by atoms with Gasteiger partial charge in [-0.05, 0) is 34.7 Å². The second-order valence-corrected chi connectivity index (χ2v) is 5.22. The zero-order valence-corrected chi connectivity index (χ0v) is 9.82. The molecule has 1 aromatic heterocycles. The average molecular weight is 259 g/mol. The average Bonchev–Trinajstić information content (AvgIpc) is 2.87. The predicted octanol–water partition coefficient (Wildman–Crippen LogP) is 3.74. The molecule has 3 heteroatoms. The van der Waals surface area contributed by atoms with Gasteiger partial charge < -0.3 is 0 Å². The molecule has 1 nitrogen and oxygen atoms in total. The summed E-state index contributed by atoms with van der Waals surface area (Å²) in [6, 6.07) is 0. The highest BCUT2D eigenvalue weighted by Gasteiger charge is 2.33. The molecule has 1 saturated carbocycles. The number of thiophene rings is 1. The molecule has 2 rings (SSSR count). The van der Waals surface area contributed by atoms with Gasteiger partial charge in [0.05, 0.1) is 0 Å². The van der Waals surface area contributed by atoms with Crippen molar-refractivity contribution in [1.82, 2.24) is 0 Å². The molecule has 0 aromatic carbocycles. The van der Waals surface area contributed by atoms with E-state index in [0.717, 1.165) is 10.0 Å². The van der Waals surface area contributed by atoms with Crippen molar-refractivity contribution in [3.05, 3.63) is 20.8 Å². The van der Waals surface area contributed by atoms with Gasteiger partial charge in [-0.1, -0.05) is 6.92 Å². The van der Waals surface area contributed by atoms with Crippen LogP contribution in [0.25, 0.3) is 0 Å². The summed E-state index contributed by atoms with van der Waals surface area (Å²) in [5.41, 5.74) is 0.865. The Morgan fingerprint density at radius 3 is 2.77 bits per heavy atom. The van der Waals surface area contributed by atoms with E-state index in [2.05, 4.69) is 15.9 Å². The van der Waals surface area contributed by atoms with Gasteiger partial charge in [0, 0.05) is 26.7 Å². The first-order valence-electron chi connectivity index (χ1n) is 4.46. The second kappa shape index (κ2) is 3.54. The van der Waals surface area contributed by atoms with E-state index >= 15 is 0 Å². The normalized spacial score (nSPS) is 18.6. The quantitative estimate of drug-likeness (QED) is 0.756. The van der Waals surface area contributed by atoms with Crippen molar-refractivity contribution in [2.24, 2.45) is 11.8 Å². The standard InChI is InChI=1S/C10H11BrOS/c1-6(7-2-3-7)10(12)8-4-13-5-9(8)11/h4-7H,2-3H2,1H3. The predicted molar refractivity (Wildman–Crippen MR) is 58.2 cm³/mol. The van der Waals surface area contributed by atoms with Crippen LogP contribution in [0.3, 0.4) is 0 Å². The molecule has 1 fully saturated rings. The number of ketones is 1. The molecule has 0 bridgehead atoms. The first-order valence-corrected chi connectivity index (χ1v) is 6.19. The molecule has 1 aliphatic rings. The minimum Gasteiger partial charge on any atom is -0.294 e. The number of Topliss-reactive ketones (excluding diaryl/α,β-unsaturated/α-hetero) is 1. The molecule has 0 aliphatic heterocycles. The molecular formula is C10H11BrOS. The van der Waals surface area contributed by atoms with E-state index in [0.29, 0.717) is 11.7 Å². The Morgan fingerprint density at radius 1 is 1.62 bits per heavy atom. The van der Waals surface area contributed by atoms with Crippen molar-refractivity contribution in [3.8, 4) is 0 Å². The van der Waals surface area contributed by atoms with Crippen molar-refractivity contribution >= 4 is 33.0 Å². The molecule has 1 aliphatic carbocycles. The van der Waals surface area contributed by atoms with E-state index in [1.165, 1.54) is 12.8 Å². The van der Waals surface area contributed by atoms with Crippen LogP contribution in [0.4, 0.5) is 0 Å². The number of carbonyl (C=O) groups excluding carboxylic acids is 1. The molecule has 1 heterocycles. The lowest BCUT2D eigenvalue weighted by atomic mass is 9.97. The van der Waals surface area contributed by atoms with Crippen LogP contribution < -0.4 is 0 Å². The third-order valence-electron chi connectivity index (χ3n) is 2.62. The van der Waals surface area contributed by atoms with Gasteiger partial charge in [0.2, 0.25) is 0 Å². The summed E-state index contributed by atoms with van der Waals surface area (Å²) in [5.74, 6) is 1.17. The molecular weight excluding hydrogens is 248 g/mol. The highest BCUT2D eigenvalue weighted by Crippen LogP contribution is 2.39. The molecule has 0 N–H and O–H groups in total. The number of hydrogen-bond donors (Lipinski definition) is 0. The summed E-state index contributed by atoms with van der Waals surface area (Å²) < 4.78 is 0.954. The lowest BCUT2D eigenvalue weighted by Gasteiger charge is -2.07. The van der Waals surface area contributed by atoms with E-state index in [1.807, 2.05) is 17.7 Å².